The molecule has 4 heteroatoms. The Morgan fingerprint density at radius 3 is 2.55 bits per heavy atom. The molecule has 0 aliphatic carbocycles. The number of amides is 1. The van der Waals surface area contributed by atoms with Crippen LogP contribution in [0.15, 0.2) is 24.3 Å². The molecule has 3 unspecified atom stereocenters. The zero-order valence-electron chi connectivity index (χ0n) is 12.3. The van der Waals surface area contributed by atoms with Crippen molar-refractivity contribution in [2.45, 2.75) is 26.8 Å². The van der Waals surface area contributed by atoms with Crippen LogP contribution in [0.2, 0.25) is 0 Å². The van der Waals surface area contributed by atoms with Gasteiger partial charge in [0.1, 0.15) is 6.07 Å². The highest BCUT2D eigenvalue weighted by Gasteiger charge is 2.32. The van der Waals surface area contributed by atoms with Crippen LogP contribution in [-0.2, 0) is 4.79 Å². The molecule has 0 aromatic heterocycles. The van der Waals surface area contributed by atoms with Crippen molar-refractivity contribution in [3.63, 3.8) is 0 Å². The second kappa shape index (κ2) is 6.06. The molecule has 3 atom stereocenters. The summed E-state index contributed by atoms with van der Waals surface area (Å²) in [5, 5.41) is 11.9. The first-order chi connectivity index (χ1) is 9.52. The number of nitriles is 1. The SMILES string of the molecule is CC1CN(C(C)C(=O)Nc2ccccc2C#N)CC1C. The molecule has 1 aromatic rings. The Hall–Kier alpha value is -1.86. The zero-order valence-corrected chi connectivity index (χ0v) is 12.3. The lowest BCUT2D eigenvalue weighted by Gasteiger charge is -2.23. The molecule has 0 saturated carbocycles. The predicted molar refractivity (Wildman–Crippen MR) is 79.1 cm³/mol. The second-order valence-electron chi connectivity index (χ2n) is 5.73. The first-order valence-corrected chi connectivity index (χ1v) is 7.07. The summed E-state index contributed by atoms with van der Waals surface area (Å²) in [6, 6.07) is 9.01. The Bertz CT molecular complexity index is 525. The highest BCUT2D eigenvalue weighted by molar-refractivity contribution is 5.95. The Morgan fingerprint density at radius 1 is 1.35 bits per heavy atom. The summed E-state index contributed by atoms with van der Waals surface area (Å²) in [7, 11) is 0. The van der Waals surface area contributed by atoms with E-state index in [0.717, 1.165) is 13.1 Å². The Kier molecular flexibility index (Phi) is 4.41. The summed E-state index contributed by atoms with van der Waals surface area (Å²) >= 11 is 0. The summed E-state index contributed by atoms with van der Waals surface area (Å²) in [4.78, 5) is 14.5. The fourth-order valence-electron chi connectivity index (χ4n) is 2.58. The number of nitrogens with zero attached hydrogens (tertiary/aromatic N) is 2. The Labute approximate surface area is 120 Å². The third-order valence-electron chi connectivity index (χ3n) is 4.25. The normalized spacial score (nSPS) is 24.1. The largest absolute Gasteiger partial charge is 0.324 e. The Morgan fingerprint density at radius 2 is 1.95 bits per heavy atom. The molecule has 1 saturated heterocycles. The van der Waals surface area contributed by atoms with E-state index in [0.29, 0.717) is 23.1 Å². The van der Waals surface area contributed by atoms with E-state index in [1.807, 2.05) is 13.0 Å². The average Bonchev–Trinajstić information content (AvgIpc) is 2.78. The van der Waals surface area contributed by atoms with Crippen molar-refractivity contribution in [1.29, 1.82) is 5.26 Å². The van der Waals surface area contributed by atoms with Crippen LogP contribution in [0.25, 0.3) is 0 Å². The molecule has 106 valence electrons. The van der Waals surface area contributed by atoms with E-state index in [1.165, 1.54) is 0 Å². The van der Waals surface area contributed by atoms with Crippen LogP contribution in [0.4, 0.5) is 5.69 Å². The molecule has 4 nitrogen and oxygen atoms in total. The molecular formula is C16H21N3O. The zero-order chi connectivity index (χ0) is 14.7. The molecule has 2 rings (SSSR count). The van der Waals surface area contributed by atoms with E-state index in [9.17, 15) is 4.79 Å². The minimum Gasteiger partial charge on any atom is -0.324 e. The number of anilines is 1. The van der Waals surface area contributed by atoms with Crippen LogP contribution in [0.1, 0.15) is 26.3 Å². The Balaban J connectivity index is 2.03. The highest BCUT2D eigenvalue weighted by atomic mass is 16.2. The maximum atomic E-state index is 12.3. The van der Waals surface area contributed by atoms with Crippen molar-refractivity contribution in [3.05, 3.63) is 29.8 Å². The van der Waals surface area contributed by atoms with E-state index in [2.05, 4.69) is 30.1 Å². The number of carbonyl (C=O) groups is 1. The van der Waals surface area contributed by atoms with Crippen molar-refractivity contribution >= 4 is 11.6 Å². The van der Waals surface area contributed by atoms with Crippen LogP contribution in [-0.4, -0.2) is 29.9 Å². The van der Waals surface area contributed by atoms with Gasteiger partial charge in [0.2, 0.25) is 5.91 Å². The fraction of sp³-hybridized carbons (Fsp3) is 0.500. The van der Waals surface area contributed by atoms with Crippen LogP contribution >= 0.6 is 0 Å². The lowest BCUT2D eigenvalue weighted by Crippen LogP contribution is -2.41. The molecule has 1 aliphatic heterocycles. The van der Waals surface area contributed by atoms with Gasteiger partial charge < -0.3 is 5.32 Å². The molecule has 1 fully saturated rings. The minimum atomic E-state index is -0.172. The quantitative estimate of drug-likeness (QED) is 0.918. The lowest BCUT2D eigenvalue weighted by atomic mass is 10.0. The van der Waals surface area contributed by atoms with Crippen molar-refractivity contribution in [2.75, 3.05) is 18.4 Å². The molecule has 0 spiro atoms. The van der Waals surface area contributed by atoms with Gasteiger partial charge in [0.05, 0.1) is 17.3 Å². The van der Waals surface area contributed by atoms with Gasteiger partial charge in [-0.05, 0) is 30.9 Å². The molecule has 0 radical (unpaired) electrons. The van der Waals surface area contributed by atoms with Crippen molar-refractivity contribution in [1.82, 2.24) is 4.90 Å². The van der Waals surface area contributed by atoms with Gasteiger partial charge in [0.15, 0.2) is 0 Å². The maximum Gasteiger partial charge on any atom is 0.241 e. The molecule has 1 amide bonds. The number of likely N-dealkylation sites (tertiary alicyclic amines) is 1. The minimum absolute atomic E-state index is 0.0472. The number of rotatable bonds is 3. The topological polar surface area (TPSA) is 56.1 Å². The molecule has 20 heavy (non-hydrogen) atoms. The van der Waals surface area contributed by atoms with Gasteiger partial charge in [-0.3, -0.25) is 9.69 Å². The van der Waals surface area contributed by atoms with Gasteiger partial charge in [-0.1, -0.05) is 26.0 Å². The van der Waals surface area contributed by atoms with Crippen LogP contribution < -0.4 is 5.32 Å². The van der Waals surface area contributed by atoms with E-state index in [1.54, 1.807) is 18.2 Å². The van der Waals surface area contributed by atoms with Crippen molar-refractivity contribution in [3.8, 4) is 6.07 Å². The number of nitrogens with one attached hydrogen (secondary N) is 1. The monoisotopic (exact) mass is 271 g/mol. The highest BCUT2D eigenvalue weighted by Crippen LogP contribution is 2.24. The predicted octanol–water partition coefficient (Wildman–Crippen LogP) is 2.47. The van der Waals surface area contributed by atoms with Crippen molar-refractivity contribution in [2.24, 2.45) is 11.8 Å². The third kappa shape index (κ3) is 3.00. The third-order valence-corrected chi connectivity index (χ3v) is 4.25. The molecule has 1 N–H and O–H groups in total. The molecule has 1 heterocycles. The van der Waals surface area contributed by atoms with E-state index in [4.69, 9.17) is 5.26 Å². The molecular weight excluding hydrogens is 250 g/mol. The summed E-state index contributed by atoms with van der Waals surface area (Å²) in [6.07, 6.45) is 0. The first kappa shape index (κ1) is 14.5. The van der Waals surface area contributed by atoms with Crippen molar-refractivity contribution < 1.29 is 4.79 Å². The van der Waals surface area contributed by atoms with Crippen LogP contribution in [0.5, 0.6) is 0 Å². The average molecular weight is 271 g/mol. The van der Waals surface area contributed by atoms with Gasteiger partial charge >= 0.3 is 0 Å². The molecule has 0 bridgehead atoms. The summed E-state index contributed by atoms with van der Waals surface area (Å²) in [5.41, 5.74) is 1.09. The second-order valence-corrected chi connectivity index (χ2v) is 5.73. The summed E-state index contributed by atoms with van der Waals surface area (Å²) in [5.74, 6) is 1.20. The van der Waals surface area contributed by atoms with E-state index >= 15 is 0 Å². The van der Waals surface area contributed by atoms with Gasteiger partial charge in [-0.25, -0.2) is 0 Å². The number of hydrogen-bond acceptors (Lipinski definition) is 3. The number of para-hydroxylation sites is 1. The van der Waals surface area contributed by atoms with E-state index < -0.39 is 0 Å². The van der Waals surface area contributed by atoms with Gasteiger partial charge in [0, 0.05) is 13.1 Å². The number of carbonyl (C=O) groups excluding carboxylic acids is 1. The maximum absolute atomic E-state index is 12.3. The summed E-state index contributed by atoms with van der Waals surface area (Å²) in [6.45, 7) is 8.28. The number of hydrogen-bond donors (Lipinski definition) is 1. The fourth-order valence-corrected chi connectivity index (χ4v) is 2.58. The summed E-state index contributed by atoms with van der Waals surface area (Å²) < 4.78 is 0. The van der Waals surface area contributed by atoms with Gasteiger partial charge in [-0.2, -0.15) is 5.26 Å². The van der Waals surface area contributed by atoms with Crippen LogP contribution in [0, 0.1) is 23.2 Å². The van der Waals surface area contributed by atoms with E-state index in [-0.39, 0.29) is 11.9 Å². The van der Waals surface area contributed by atoms with Gasteiger partial charge in [0.25, 0.3) is 0 Å². The molecule has 1 aromatic carbocycles. The number of benzene rings is 1. The standard InChI is InChI=1S/C16H21N3O/c1-11-9-19(10-12(11)2)13(3)16(20)18-15-7-5-4-6-14(15)8-17/h4-7,11-13H,9-10H2,1-3H3,(H,18,20). The first-order valence-electron chi connectivity index (χ1n) is 7.07. The lowest BCUT2D eigenvalue weighted by molar-refractivity contribution is -0.120. The van der Waals surface area contributed by atoms with Gasteiger partial charge in [-0.15, -0.1) is 0 Å². The van der Waals surface area contributed by atoms with Crippen LogP contribution in [0.3, 0.4) is 0 Å². The smallest absolute Gasteiger partial charge is 0.241 e. The molecule has 1 aliphatic rings.